The predicted octanol–water partition coefficient (Wildman–Crippen LogP) is 0.607. The highest BCUT2D eigenvalue weighted by atomic mass is 32.1. The van der Waals surface area contributed by atoms with E-state index in [1.807, 2.05) is 0 Å². The Morgan fingerprint density at radius 3 is 2.47 bits per heavy atom. The number of nitrogens with zero attached hydrogens (tertiary/aromatic N) is 2. The van der Waals surface area contributed by atoms with E-state index in [9.17, 15) is 9.59 Å². The van der Waals surface area contributed by atoms with Crippen molar-refractivity contribution >= 4 is 24.6 Å². The van der Waals surface area contributed by atoms with Gasteiger partial charge in [0, 0.05) is 32.2 Å². The predicted molar refractivity (Wildman–Crippen MR) is 66.1 cm³/mol. The summed E-state index contributed by atoms with van der Waals surface area (Å²) in [6, 6.07) is -0.192. The minimum Gasteiger partial charge on any atom is -0.381 e. The summed E-state index contributed by atoms with van der Waals surface area (Å²) in [5, 5.41) is 0. The Labute approximate surface area is 106 Å². The molecule has 0 aromatic carbocycles. The van der Waals surface area contributed by atoms with Crippen LogP contribution >= 0.6 is 12.6 Å². The van der Waals surface area contributed by atoms with Crippen LogP contribution in [0.15, 0.2) is 0 Å². The first-order chi connectivity index (χ1) is 8.08. The van der Waals surface area contributed by atoms with E-state index in [4.69, 9.17) is 4.74 Å². The van der Waals surface area contributed by atoms with Crippen molar-refractivity contribution in [2.24, 2.45) is 5.41 Å². The van der Waals surface area contributed by atoms with Crippen molar-refractivity contribution in [3.05, 3.63) is 0 Å². The average Bonchev–Trinajstić information content (AvgIpc) is 2.57. The fourth-order valence-electron chi connectivity index (χ4n) is 2.33. The SMILES string of the molecule is CN1CC(=O)N(CC2(CS)CCOCC2)C1=O. The van der Waals surface area contributed by atoms with Crippen LogP contribution in [0, 0.1) is 5.41 Å². The number of amides is 3. The average molecular weight is 258 g/mol. The van der Waals surface area contributed by atoms with E-state index in [0.29, 0.717) is 25.5 Å². The zero-order chi connectivity index (χ0) is 12.5. The van der Waals surface area contributed by atoms with Crippen molar-refractivity contribution in [1.29, 1.82) is 0 Å². The minimum atomic E-state index is -0.192. The van der Waals surface area contributed by atoms with Crippen LogP contribution in [0.1, 0.15) is 12.8 Å². The lowest BCUT2D eigenvalue weighted by Crippen LogP contribution is -2.45. The second-order valence-electron chi connectivity index (χ2n) is 4.89. The third-order valence-electron chi connectivity index (χ3n) is 3.61. The van der Waals surface area contributed by atoms with Crippen LogP contribution in [0.3, 0.4) is 0 Å². The standard InChI is InChI=1S/C11H18N2O3S/c1-12-6-9(14)13(10(12)15)7-11(8-17)2-4-16-5-3-11/h17H,2-8H2,1H3. The highest BCUT2D eigenvalue weighted by molar-refractivity contribution is 7.80. The van der Waals surface area contributed by atoms with Crippen molar-refractivity contribution < 1.29 is 14.3 Å². The summed E-state index contributed by atoms with van der Waals surface area (Å²) in [6.07, 6.45) is 1.72. The largest absolute Gasteiger partial charge is 0.381 e. The summed E-state index contributed by atoms with van der Waals surface area (Å²) in [5.41, 5.74) is -0.0716. The number of carbonyl (C=O) groups excluding carboxylic acids is 2. The molecule has 0 bridgehead atoms. The van der Waals surface area contributed by atoms with Gasteiger partial charge in [0.25, 0.3) is 0 Å². The first-order valence-electron chi connectivity index (χ1n) is 5.82. The smallest absolute Gasteiger partial charge is 0.326 e. The molecule has 3 amide bonds. The number of rotatable bonds is 3. The lowest BCUT2D eigenvalue weighted by atomic mass is 9.81. The number of hydrogen-bond donors (Lipinski definition) is 1. The van der Waals surface area contributed by atoms with Crippen LogP contribution in [0.25, 0.3) is 0 Å². The zero-order valence-electron chi connectivity index (χ0n) is 10.0. The zero-order valence-corrected chi connectivity index (χ0v) is 10.9. The molecule has 0 saturated carbocycles. The van der Waals surface area contributed by atoms with Gasteiger partial charge >= 0.3 is 6.03 Å². The topological polar surface area (TPSA) is 49.9 Å². The molecule has 2 rings (SSSR count). The van der Waals surface area contributed by atoms with Crippen LogP contribution < -0.4 is 0 Å². The highest BCUT2D eigenvalue weighted by Gasteiger charge is 2.41. The third-order valence-corrected chi connectivity index (χ3v) is 4.28. The molecule has 17 heavy (non-hydrogen) atoms. The Morgan fingerprint density at radius 1 is 1.35 bits per heavy atom. The van der Waals surface area contributed by atoms with E-state index in [0.717, 1.165) is 12.8 Å². The maximum absolute atomic E-state index is 11.8. The maximum atomic E-state index is 11.8. The van der Waals surface area contributed by atoms with E-state index in [2.05, 4.69) is 12.6 Å². The van der Waals surface area contributed by atoms with Crippen LogP contribution in [0.4, 0.5) is 4.79 Å². The molecule has 2 fully saturated rings. The molecule has 6 heteroatoms. The molecule has 0 N–H and O–H groups in total. The fraction of sp³-hybridized carbons (Fsp3) is 0.818. The maximum Gasteiger partial charge on any atom is 0.326 e. The molecule has 2 saturated heterocycles. The number of carbonyl (C=O) groups is 2. The fourth-order valence-corrected chi connectivity index (χ4v) is 2.75. The van der Waals surface area contributed by atoms with E-state index < -0.39 is 0 Å². The van der Waals surface area contributed by atoms with Gasteiger partial charge in [-0.05, 0) is 18.6 Å². The minimum absolute atomic E-state index is 0.0716. The molecule has 2 aliphatic heterocycles. The van der Waals surface area contributed by atoms with E-state index >= 15 is 0 Å². The number of thiol groups is 1. The number of hydrogen-bond acceptors (Lipinski definition) is 4. The lowest BCUT2D eigenvalue weighted by Gasteiger charge is -2.38. The van der Waals surface area contributed by atoms with E-state index in [1.54, 1.807) is 7.05 Å². The summed E-state index contributed by atoms with van der Waals surface area (Å²) in [6.45, 7) is 2.04. The second kappa shape index (κ2) is 4.86. The molecule has 0 spiro atoms. The number of urea groups is 1. The summed E-state index contributed by atoms with van der Waals surface area (Å²) < 4.78 is 5.33. The van der Waals surface area contributed by atoms with Crippen molar-refractivity contribution in [3.63, 3.8) is 0 Å². The number of imide groups is 1. The van der Waals surface area contributed by atoms with Gasteiger partial charge in [-0.3, -0.25) is 9.69 Å². The summed E-state index contributed by atoms with van der Waals surface area (Å²) in [5.74, 6) is 0.571. The molecule has 2 aliphatic rings. The van der Waals surface area contributed by atoms with Crippen molar-refractivity contribution in [1.82, 2.24) is 9.80 Å². The van der Waals surface area contributed by atoms with Crippen LogP contribution in [-0.2, 0) is 9.53 Å². The number of likely N-dealkylation sites (N-methyl/N-ethyl adjacent to an activating group) is 1. The molecular weight excluding hydrogens is 240 g/mol. The first-order valence-corrected chi connectivity index (χ1v) is 6.45. The van der Waals surface area contributed by atoms with Gasteiger partial charge in [-0.15, -0.1) is 0 Å². The molecule has 96 valence electrons. The Balaban J connectivity index is 2.08. The Morgan fingerprint density at radius 2 is 2.00 bits per heavy atom. The number of ether oxygens (including phenoxy) is 1. The van der Waals surface area contributed by atoms with Gasteiger partial charge in [-0.2, -0.15) is 12.6 Å². The monoisotopic (exact) mass is 258 g/mol. The Hall–Kier alpha value is -0.750. The molecule has 0 radical (unpaired) electrons. The molecular formula is C11H18N2O3S. The molecule has 0 aromatic heterocycles. The highest BCUT2D eigenvalue weighted by Crippen LogP contribution is 2.33. The van der Waals surface area contributed by atoms with Crippen LogP contribution in [0.5, 0.6) is 0 Å². The first kappa shape index (κ1) is 12.7. The molecule has 0 unspecified atom stereocenters. The Bertz CT molecular complexity index is 329. The second-order valence-corrected chi connectivity index (χ2v) is 5.21. The van der Waals surface area contributed by atoms with Gasteiger partial charge in [-0.1, -0.05) is 0 Å². The normalized spacial score (nSPS) is 24.6. The summed E-state index contributed by atoms with van der Waals surface area (Å²) >= 11 is 4.39. The van der Waals surface area contributed by atoms with Gasteiger partial charge < -0.3 is 9.64 Å². The van der Waals surface area contributed by atoms with Gasteiger partial charge in [0.2, 0.25) is 5.91 Å². The third kappa shape index (κ3) is 2.42. The van der Waals surface area contributed by atoms with E-state index in [1.165, 1.54) is 9.80 Å². The van der Waals surface area contributed by atoms with Crippen molar-refractivity contribution in [3.8, 4) is 0 Å². The summed E-state index contributed by atoms with van der Waals surface area (Å²) in [4.78, 5) is 26.4. The molecule has 2 heterocycles. The summed E-state index contributed by atoms with van der Waals surface area (Å²) in [7, 11) is 1.65. The van der Waals surface area contributed by atoms with Gasteiger partial charge in [0.05, 0.1) is 0 Å². The van der Waals surface area contributed by atoms with Crippen molar-refractivity contribution in [2.75, 3.05) is 39.1 Å². The lowest BCUT2D eigenvalue weighted by molar-refractivity contribution is -0.127. The quantitative estimate of drug-likeness (QED) is 0.596. The molecule has 0 aromatic rings. The molecule has 0 atom stereocenters. The van der Waals surface area contributed by atoms with Crippen LogP contribution in [-0.4, -0.2) is 60.8 Å². The van der Waals surface area contributed by atoms with Gasteiger partial charge in [-0.25, -0.2) is 4.79 Å². The Kier molecular flexibility index (Phi) is 3.63. The van der Waals surface area contributed by atoms with Crippen molar-refractivity contribution in [2.45, 2.75) is 12.8 Å². The molecule has 0 aliphatic carbocycles. The van der Waals surface area contributed by atoms with Gasteiger partial charge in [0.1, 0.15) is 6.54 Å². The van der Waals surface area contributed by atoms with E-state index in [-0.39, 0.29) is 23.9 Å². The molecule has 5 nitrogen and oxygen atoms in total. The van der Waals surface area contributed by atoms with Crippen LogP contribution in [0.2, 0.25) is 0 Å². The van der Waals surface area contributed by atoms with Gasteiger partial charge in [0.15, 0.2) is 0 Å².